The van der Waals surface area contributed by atoms with Crippen LogP contribution in [0.3, 0.4) is 0 Å². The third-order valence-electron chi connectivity index (χ3n) is 4.14. The Hall–Kier alpha value is -2.70. The van der Waals surface area contributed by atoms with Crippen LogP contribution >= 0.6 is 0 Å². The molecular formula is C18H28N4O7S. The van der Waals surface area contributed by atoms with Crippen molar-refractivity contribution in [1.29, 1.82) is 0 Å². The number of rotatable bonds is 10. The topological polar surface area (TPSA) is 145 Å². The van der Waals surface area contributed by atoms with Crippen LogP contribution in [0.25, 0.3) is 0 Å². The summed E-state index contributed by atoms with van der Waals surface area (Å²) < 4.78 is 33.8. The molecule has 1 aromatic carbocycles. The lowest BCUT2D eigenvalue weighted by molar-refractivity contribution is -0.142. The number of hydrazine groups is 1. The maximum Gasteiger partial charge on any atom is 0.418 e. The Morgan fingerprint density at radius 1 is 1.10 bits per heavy atom. The Kier molecular flexibility index (Phi) is 10.2. The highest BCUT2D eigenvalue weighted by Gasteiger charge is 2.30. The number of hydroxylamine groups is 1. The molecule has 0 bridgehead atoms. The van der Waals surface area contributed by atoms with Gasteiger partial charge in [-0.3, -0.25) is 24.6 Å². The summed E-state index contributed by atoms with van der Waals surface area (Å²) >= 11 is 0. The lowest BCUT2D eigenvalue weighted by Crippen LogP contribution is -2.57. The molecule has 0 radical (unpaired) electrons. The second-order valence-electron chi connectivity index (χ2n) is 6.29. The van der Waals surface area contributed by atoms with Crippen molar-refractivity contribution in [3.63, 3.8) is 0 Å². The van der Waals surface area contributed by atoms with E-state index in [9.17, 15) is 22.8 Å². The van der Waals surface area contributed by atoms with Crippen LogP contribution in [-0.4, -0.2) is 59.9 Å². The molecule has 30 heavy (non-hydrogen) atoms. The average molecular weight is 445 g/mol. The van der Waals surface area contributed by atoms with Gasteiger partial charge in [0.25, 0.3) is 5.91 Å². The molecule has 0 fully saturated rings. The zero-order valence-electron chi connectivity index (χ0n) is 17.2. The summed E-state index contributed by atoms with van der Waals surface area (Å²) in [6.07, 6.45) is 0.877. The average Bonchev–Trinajstić information content (AvgIpc) is 2.70. The number of benzene rings is 1. The summed E-state index contributed by atoms with van der Waals surface area (Å²) in [6.45, 7) is 5.34. The third-order valence-corrected chi connectivity index (χ3v) is 4.43. The minimum Gasteiger partial charge on any atom is -0.311 e. The minimum atomic E-state index is -4.90. The Bertz CT molecular complexity index is 817. The van der Waals surface area contributed by atoms with Crippen molar-refractivity contribution in [1.82, 2.24) is 20.8 Å². The van der Waals surface area contributed by atoms with Crippen LogP contribution in [0, 0.1) is 0 Å². The highest BCUT2D eigenvalue weighted by Crippen LogP contribution is 2.10. The number of likely N-dealkylation sites (N-methyl/N-ethyl adjacent to an activating group) is 2. The number of hydrogen-bond donors (Lipinski definition) is 3. The quantitative estimate of drug-likeness (QED) is 0.361. The second kappa shape index (κ2) is 12.1. The van der Waals surface area contributed by atoms with Crippen LogP contribution in [0.5, 0.6) is 0 Å². The number of nitrogens with zero attached hydrogens (tertiary/aromatic N) is 2. The van der Waals surface area contributed by atoms with Gasteiger partial charge in [-0.2, -0.15) is 13.9 Å². The first-order valence-corrected chi connectivity index (χ1v) is 10.9. The molecule has 0 unspecified atom stereocenters. The number of amides is 4. The van der Waals surface area contributed by atoms with Gasteiger partial charge in [-0.05, 0) is 25.8 Å². The molecule has 4 amide bonds. The van der Waals surface area contributed by atoms with Crippen LogP contribution in [0.1, 0.15) is 39.2 Å². The molecule has 12 heteroatoms. The normalized spacial score (nSPS) is 12.0. The summed E-state index contributed by atoms with van der Waals surface area (Å²) in [4.78, 5) is 38.6. The first kappa shape index (κ1) is 25.3. The fourth-order valence-electron chi connectivity index (χ4n) is 2.75. The molecule has 11 nitrogen and oxygen atoms in total. The lowest BCUT2D eigenvalue weighted by atomic mass is 10.1. The zero-order chi connectivity index (χ0) is 22.7. The molecule has 0 aliphatic carbocycles. The maximum absolute atomic E-state index is 12.8. The SMILES string of the molecule is CCC[C@@H](C(=O)NN(CC)C(=O)Cc1ccccc1)N(CC)C(=O)NOS(=O)(=O)O. The number of carbonyl (C=O) groups is 3. The van der Waals surface area contributed by atoms with E-state index in [1.165, 1.54) is 5.01 Å². The van der Waals surface area contributed by atoms with E-state index in [1.54, 1.807) is 50.5 Å². The smallest absolute Gasteiger partial charge is 0.311 e. The van der Waals surface area contributed by atoms with Gasteiger partial charge in [0.1, 0.15) is 6.04 Å². The van der Waals surface area contributed by atoms with Crippen molar-refractivity contribution in [2.45, 2.75) is 46.1 Å². The zero-order valence-corrected chi connectivity index (χ0v) is 18.0. The second-order valence-corrected chi connectivity index (χ2v) is 7.31. The van der Waals surface area contributed by atoms with E-state index in [0.29, 0.717) is 6.42 Å². The predicted molar refractivity (Wildman–Crippen MR) is 108 cm³/mol. The van der Waals surface area contributed by atoms with E-state index < -0.39 is 28.4 Å². The summed E-state index contributed by atoms with van der Waals surface area (Å²) in [6, 6.07) is 7.02. The van der Waals surface area contributed by atoms with E-state index in [-0.39, 0.29) is 31.8 Å². The fourth-order valence-corrected chi connectivity index (χ4v) is 2.92. The lowest BCUT2D eigenvalue weighted by Gasteiger charge is -2.31. The van der Waals surface area contributed by atoms with E-state index in [1.807, 2.05) is 6.07 Å². The van der Waals surface area contributed by atoms with Crippen molar-refractivity contribution < 1.29 is 31.6 Å². The van der Waals surface area contributed by atoms with Gasteiger partial charge in [0.05, 0.1) is 6.42 Å². The number of hydrogen-bond acceptors (Lipinski definition) is 6. The molecule has 0 spiro atoms. The molecule has 0 aliphatic rings. The maximum atomic E-state index is 12.8. The van der Waals surface area contributed by atoms with Gasteiger partial charge in [0.2, 0.25) is 5.91 Å². The first-order valence-electron chi connectivity index (χ1n) is 9.50. The predicted octanol–water partition coefficient (Wildman–Crippen LogP) is 1.04. The third kappa shape index (κ3) is 8.35. The van der Waals surface area contributed by atoms with E-state index in [0.717, 1.165) is 10.5 Å². The summed E-state index contributed by atoms with van der Waals surface area (Å²) in [7, 11) is -4.90. The largest absolute Gasteiger partial charge is 0.418 e. The molecule has 168 valence electrons. The standard InChI is InChI=1S/C18H28N4O7S/c1-4-10-15(21(5-2)18(25)20-29-30(26,27)28)17(24)19-22(6-3)16(23)13-14-11-8-7-9-12-14/h7-9,11-12,15H,4-6,10,13H2,1-3H3,(H,19,24)(H,20,25)(H,26,27,28)/t15-/m0/s1. The van der Waals surface area contributed by atoms with Gasteiger partial charge in [-0.1, -0.05) is 43.7 Å². The van der Waals surface area contributed by atoms with Gasteiger partial charge < -0.3 is 4.90 Å². The molecule has 1 atom stereocenters. The number of carbonyl (C=O) groups excluding carboxylic acids is 3. The molecular weight excluding hydrogens is 416 g/mol. The fraction of sp³-hybridized carbons (Fsp3) is 0.500. The van der Waals surface area contributed by atoms with Crippen molar-refractivity contribution in [2.24, 2.45) is 0 Å². The summed E-state index contributed by atoms with van der Waals surface area (Å²) in [5.74, 6) is -0.932. The van der Waals surface area contributed by atoms with Gasteiger partial charge in [-0.15, -0.1) is 4.28 Å². The monoisotopic (exact) mass is 444 g/mol. The van der Waals surface area contributed by atoms with Gasteiger partial charge >= 0.3 is 16.4 Å². The Morgan fingerprint density at radius 2 is 1.73 bits per heavy atom. The number of nitrogens with one attached hydrogen (secondary N) is 2. The summed E-state index contributed by atoms with van der Waals surface area (Å²) in [5.41, 5.74) is 4.90. The molecule has 0 saturated heterocycles. The molecule has 0 aromatic heterocycles. The van der Waals surface area contributed by atoms with E-state index >= 15 is 0 Å². The van der Waals surface area contributed by atoms with Crippen LogP contribution < -0.4 is 10.9 Å². The van der Waals surface area contributed by atoms with Crippen molar-refractivity contribution >= 4 is 28.2 Å². The van der Waals surface area contributed by atoms with Crippen molar-refractivity contribution in [2.75, 3.05) is 13.1 Å². The Balaban J connectivity index is 2.88. The van der Waals surface area contributed by atoms with E-state index in [2.05, 4.69) is 9.71 Å². The van der Waals surface area contributed by atoms with Gasteiger partial charge in [0, 0.05) is 13.1 Å². The van der Waals surface area contributed by atoms with Crippen molar-refractivity contribution in [3.05, 3.63) is 35.9 Å². The molecule has 1 rings (SSSR count). The Labute approximate surface area is 176 Å². The van der Waals surface area contributed by atoms with Crippen LogP contribution in [0.4, 0.5) is 4.79 Å². The van der Waals surface area contributed by atoms with Crippen LogP contribution in [-0.2, 0) is 30.7 Å². The highest BCUT2D eigenvalue weighted by atomic mass is 32.3. The summed E-state index contributed by atoms with van der Waals surface area (Å²) in [5, 5.41) is 1.17. The molecule has 0 heterocycles. The number of urea groups is 1. The van der Waals surface area contributed by atoms with Gasteiger partial charge in [-0.25, -0.2) is 4.79 Å². The Morgan fingerprint density at radius 3 is 2.23 bits per heavy atom. The highest BCUT2D eigenvalue weighted by molar-refractivity contribution is 7.80. The molecule has 0 aliphatic heterocycles. The van der Waals surface area contributed by atoms with Crippen LogP contribution in [0.15, 0.2) is 30.3 Å². The molecule has 1 aromatic rings. The minimum absolute atomic E-state index is 0.0445. The van der Waals surface area contributed by atoms with Crippen molar-refractivity contribution in [3.8, 4) is 0 Å². The molecule has 3 N–H and O–H groups in total. The van der Waals surface area contributed by atoms with Crippen LogP contribution in [0.2, 0.25) is 0 Å². The van der Waals surface area contributed by atoms with Gasteiger partial charge in [0.15, 0.2) is 0 Å². The van der Waals surface area contributed by atoms with E-state index in [4.69, 9.17) is 4.55 Å². The molecule has 0 saturated carbocycles. The first-order chi connectivity index (χ1) is 14.1.